The smallest absolute Gasteiger partial charge is 0.168 e. The zero-order chi connectivity index (χ0) is 13.0. The van der Waals surface area contributed by atoms with Gasteiger partial charge >= 0.3 is 0 Å². The number of carbonyl (C=O) groups excluding carboxylic acids is 1. The number of hydrogen-bond donors (Lipinski definition) is 0. The average molecular weight is 281 g/mol. The van der Waals surface area contributed by atoms with E-state index in [-0.39, 0.29) is 11.7 Å². The average Bonchev–Trinajstić information content (AvgIpc) is 2.83. The van der Waals surface area contributed by atoms with Crippen molar-refractivity contribution < 1.29 is 4.79 Å². The summed E-state index contributed by atoms with van der Waals surface area (Å²) < 4.78 is 1.17. The fourth-order valence-electron chi connectivity index (χ4n) is 2.12. The largest absolute Gasteiger partial charge is 0.294 e. The zero-order valence-electron chi connectivity index (χ0n) is 10.5. The van der Waals surface area contributed by atoms with E-state index < -0.39 is 0 Å². The first-order valence-corrected chi connectivity index (χ1v) is 7.75. The number of halogens is 1. The van der Waals surface area contributed by atoms with Crippen LogP contribution in [0.4, 0.5) is 0 Å². The highest BCUT2D eigenvalue weighted by Gasteiger charge is 2.21. The van der Waals surface area contributed by atoms with E-state index in [2.05, 4.69) is 13.0 Å². The molecule has 1 unspecified atom stereocenters. The highest BCUT2D eigenvalue weighted by molar-refractivity contribution is 7.17. The molecule has 0 fully saturated rings. The predicted octanol–water partition coefficient (Wildman–Crippen LogP) is 5.13. The number of benzene rings is 1. The van der Waals surface area contributed by atoms with Gasteiger partial charge in [-0.05, 0) is 12.5 Å². The van der Waals surface area contributed by atoms with Crippen molar-refractivity contribution in [2.24, 2.45) is 5.92 Å². The van der Waals surface area contributed by atoms with Crippen LogP contribution in [0, 0.1) is 5.92 Å². The number of ketones is 1. The predicted molar refractivity (Wildman–Crippen MR) is 79.9 cm³/mol. The Hall–Kier alpha value is -0.860. The molecule has 3 heteroatoms. The molecule has 2 aromatic rings. The number of unbranched alkanes of at least 4 members (excludes halogenated alkanes) is 1. The molecule has 0 radical (unpaired) electrons. The normalized spacial score (nSPS) is 12.8. The molecule has 1 aromatic carbocycles. The summed E-state index contributed by atoms with van der Waals surface area (Å²) in [4.78, 5) is 12.5. The van der Waals surface area contributed by atoms with Gasteiger partial charge in [-0.3, -0.25) is 4.79 Å². The van der Waals surface area contributed by atoms with Gasteiger partial charge in [0.05, 0.1) is 0 Å². The third kappa shape index (κ3) is 2.76. The van der Waals surface area contributed by atoms with E-state index in [1.807, 2.05) is 23.6 Å². The van der Waals surface area contributed by atoms with Crippen LogP contribution >= 0.6 is 22.9 Å². The minimum Gasteiger partial charge on any atom is -0.294 e. The molecular formula is C15H17ClOS. The number of alkyl halides is 1. The van der Waals surface area contributed by atoms with Gasteiger partial charge in [0, 0.05) is 32.8 Å². The maximum atomic E-state index is 12.5. The van der Waals surface area contributed by atoms with Crippen LogP contribution in [0.3, 0.4) is 0 Å². The summed E-state index contributed by atoms with van der Waals surface area (Å²) in [5.41, 5.74) is 0.845. The Bertz CT molecular complexity index is 532. The van der Waals surface area contributed by atoms with Crippen LogP contribution in [-0.4, -0.2) is 11.7 Å². The molecule has 0 bridgehead atoms. The van der Waals surface area contributed by atoms with Crippen LogP contribution in [0.15, 0.2) is 29.6 Å². The summed E-state index contributed by atoms with van der Waals surface area (Å²) >= 11 is 7.58. The van der Waals surface area contributed by atoms with Crippen molar-refractivity contribution in [1.29, 1.82) is 0 Å². The molecule has 1 aromatic heterocycles. The molecule has 96 valence electrons. The van der Waals surface area contributed by atoms with Crippen molar-refractivity contribution >= 4 is 38.8 Å². The standard InChI is InChI=1S/C15H17ClOS/c1-2-3-6-11(9-16)15(17)13-10-18-14-8-5-4-7-12(13)14/h4-5,7-8,10-11H,2-3,6,9H2,1H3. The van der Waals surface area contributed by atoms with E-state index in [9.17, 15) is 4.79 Å². The Morgan fingerprint density at radius 3 is 2.89 bits per heavy atom. The lowest BCUT2D eigenvalue weighted by molar-refractivity contribution is 0.0927. The number of Topliss-reactive ketones (excluding diaryl/α,β-unsaturated/α-hetero) is 1. The highest BCUT2D eigenvalue weighted by Crippen LogP contribution is 2.29. The van der Waals surface area contributed by atoms with Gasteiger partial charge in [0.15, 0.2) is 5.78 Å². The molecule has 0 aliphatic heterocycles. The van der Waals surface area contributed by atoms with E-state index in [0.29, 0.717) is 5.88 Å². The first-order chi connectivity index (χ1) is 8.77. The van der Waals surface area contributed by atoms with E-state index in [4.69, 9.17) is 11.6 Å². The van der Waals surface area contributed by atoms with Gasteiger partial charge in [-0.25, -0.2) is 0 Å². The quantitative estimate of drug-likeness (QED) is 0.530. The maximum Gasteiger partial charge on any atom is 0.168 e. The second-order valence-electron chi connectivity index (χ2n) is 4.50. The number of rotatable bonds is 6. The van der Waals surface area contributed by atoms with Crippen LogP contribution in [-0.2, 0) is 0 Å². The topological polar surface area (TPSA) is 17.1 Å². The Morgan fingerprint density at radius 2 is 2.17 bits per heavy atom. The Labute approximate surface area is 117 Å². The van der Waals surface area contributed by atoms with Crippen molar-refractivity contribution in [3.05, 3.63) is 35.2 Å². The third-order valence-electron chi connectivity index (χ3n) is 3.21. The summed E-state index contributed by atoms with van der Waals surface area (Å²) in [7, 11) is 0. The van der Waals surface area contributed by atoms with Crippen LogP contribution in [0.2, 0.25) is 0 Å². The molecule has 0 aliphatic carbocycles. The summed E-state index contributed by atoms with van der Waals surface area (Å²) in [6.45, 7) is 2.13. The van der Waals surface area contributed by atoms with Crippen LogP contribution < -0.4 is 0 Å². The molecule has 0 N–H and O–H groups in total. The molecule has 2 rings (SSSR count). The minimum absolute atomic E-state index is 0.0374. The minimum atomic E-state index is -0.0374. The van der Waals surface area contributed by atoms with Crippen molar-refractivity contribution in [1.82, 2.24) is 0 Å². The first kappa shape index (κ1) is 13.6. The summed E-state index contributed by atoms with van der Waals surface area (Å²) in [5, 5.41) is 3.04. The highest BCUT2D eigenvalue weighted by atomic mass is 35.5. The number of carbonyl (C=O) groups is 1. The molecule has 1 atom stereocenters. The van der Waals surface area contributed by atoms with Crippen molar-refractivity contribution in [2.75, 3.05) is 5.88 Å². The van der Waals surface area contributed by atoms with Gasteiger partial charge < -0.3 is 0 Å². The molecule has 1 heterocycles. The van der Waals surface area contributed by atoms with E-state index in [1.165, 1.54) is 4.70 Å². The molecule has 18 heavy (non-hydrogen) atoms. The summed E-state index contributed by atoms with van der Waals surface area (Å²) in [5.74, 6) is 0.587. The van der Waals surface area contributed by atoms with Gasteiger partial charge in [0.2, 0.25) is 0 Å². The lowest BCUT2D eigenvalue weighted by Crippen LogP contribution is -2.16. The summed E-state index contributed by atoms with van der Waals surface area (Å²) in [6.07, 6.45) is 3.05. The first-order valence-electron chi connectivity index (χ1n) is 6.34. The van der Waals surface area contributed by atoms with E-state index in [1.54, 1.807) is 11.3 Å². The second-order valence-corrected chi connectivity index (χ2v) is 5.72. The molecule has 0 saturated heterocycles. The van der Waals surface area contributed by atoms with Gasteiger partial charge in [0.1, 0.15) is 0 Å². The lowest BCUT2D eigenvalue weighted by Gasteiger charge is -2.11. The fourth-order valence-corrected chi connectivity index (χ4v) is 3.36. The molecule has 0 amide bonds. The Balaban J connectivity index is 2.26. The van der Waals surface area contributed by atoms with E-state index in [0.717, 1.165) is 30.2 Å². The monoisotopic (exact) mass is 280 g/mol. The third-order valence-corrected chi connectivity index (χ3v) is 4.55. The van der Waals surface area contributed by atoms with Gasteiger partial charge in [-0.2, -0.15) is 0 Å². The number of fused-ring (bicyclic) bond motifs is 1. The fraction of sp³-hybridized carbons (Fsp3) is 0.400. The molecule has 0 spiro atoms. The van der Waals surface area contributed by atoms with Gasteiger partial charge in [-0.15, -0.1) is 22.9 Å². The van der Waals surface area contributed by atoms with Crippen LogP contribution in [0.5, 0.6) is 0 Å². The molecular weight excluding hydrogens is 264 g/mol. The zero-order valence-corrected chi connectivity index (χ0v) is 12.1. The van der Waals surface area contributed by atoms with Crippen molar-refractivity contribution in [3.8, 4) is 0 Å². The molecule has 1 nitrogen and oxygen atoms in total. The van der Waals surface area contributed by atoms with E-state index >= 15 is 0 Å². The Kier molecular flexibility index (Phi) is 4.79. The maximum absolute atomic E-state index is 12.5. The van der Waals surface area contributed by atoms with Gasteiger partial charge in [0.25, 0.3) is 0 Å². The molecule has 0 saturated carbocycles. The van der Waals surface area contributed by atoms with Crippen LogP contribution in [0.25, 0.3) is 10.1 Å². The molecule has 0 aliphatic rings. The lowest BCUT2D eigenvalue weighted by atomic mass is 9.94. The van der Waals surface area contributed by atoms with Crippen LogP contribution in [0.1, 0.15) is 36.5 Å². The number of thiophene rings is 1. The van der Waals surface area contributed by atoms with Gasteiger partial charge in [-0.1, -0.05) is 38.0 Å². The SMILES string of the molecule is CCCCC(CCl)C(=O)c1csc2ccccc12. The second kappa shape index (κ2) is 6.35. The number of hydrogen-bond acceptors (Lipinski definition) is 2. The van der Waals surface area contributed by atoms with Crippen molar-refractivity contribution in [2.45, 2.75) is 26.2 Å². The van der Waals surface area contributed by atoms with Crippen molar-refractivity contribution in [3.63, 3.8) is 0 Å². The Morgan fingerprint density at radius 1 is 1.39 bits per heavy atom. The summed E-state index contributed by atoms with van der Waals surface area (Å²) in [6, 6.07) is 8.06.